The summed E-state index contributed by atoms with van der Waals surface area (Å²) in [5.41, 5.74) is 10.1. The van der Waals surface area contributed by atoms with Gasteiger partial charge in [0.2, 0.25) is 0 Å². The van der Waals surface area contributed by atoms with E-state index in [-0.39, 0.29) is 0 Å². The lowest BCUT2D eigenvalue weighted by molar-refractivity contribution is 1.10. The number of imidazole rings is 1. The van der Waals surface area contributed by atoms with Crippen molar-refractivity contribution in [3.8, 4) is 39.3 Å². The van der Waals surface area contributed by atoms with E-state index in [1.54, 1.807) is 0 Å². The highest BCUT2D eigenvalue weighted by Crippen LogP contribution is 2.36. The molecule has 0 fully saturated rings. The van der Waals surface area contributed by atoms with Gasteiger partial charge in [-0.2, -0.15) is 0 Å². The number of pyridine rings is 1. The van der Waals surface area contributed by atoms with E-state index in [0.717, 1.165) is 39.0 Å². The molecule has 2 heterocycles. The van der Waals surface area contributed by atoms with Gasteiger partial charge in [-0.1, -0.05) is 103 Å². The molecule has 0 bridgehead atoms. The SMILES string of the molecule is c1ccc(-n2c(-c3ccc(-c4cccc(-c5cc6cccnc6c6ccccc56)c4)cc3)nc3ccccc32)cc1. The van der Waals surface area contributed by atoms with Gasteiger partial charge in [-0.15, -0.1) is 0 Å². The minimum atomic E-state index is 0.939. The van der Waals surface area contributed by atoms with E-state index in [1.165, 1.54) is 33.0 Å². The Hall–Kier alpha value is -5.54. The van der Waals surface area contributed by atoms with E-state index in [2.05, 4.69) is 137 Å². The number of benzene rings is 6. The van der Waals surface area contributed by atoms with Gasteiger partial charge in [0.25, 0.3) is 0 Å². The van der Waals surface area contributed by atoms with Crippen LogP contribution in [0.4, 0.5) is 0 Å². The Labute approximate surface area is 238 Å². The number of hydrogen-bond donors (Lipinski definition) is 0. The van der Waals surface area contributed by atoms with Crippen molar-refractivity contribution in [3.05, 3.63) is 152 Å². The number of fused-ring (bicyclic) bond motifs is 4. The van der Waals surface area contributed by atoms with Gasteiger partial charge in [-0.25, -0.2) is 4.98 Å². The Bertz CT molecular complexity index is 2190. The number of aromatic nitrogens is 3. The van der Waals surface area contributed by atoms with Crippen LogP contribution in [0.15, 0.2) is 152 Å². The lowest BCUT2D eigenvalue weighted by Gasteiger charge is -2.12. The fraction of sp³-hybridized carbons (Fsp3) is 0. The first-order valence-electron chi connectivity index (χ1n) is 13.8. The summed E-state index contributed by atoms with van der Waals surface area (Å²) in [6, 6.07) is 51.3. The zero-order valence-electron chi connectivity index (χ0n) is 22.3. The van der Waals surface area contributed by atoms with Crippen LogP contribution in [0.1, 0.15) is 0 Å². The van der Waals surface area contributed by atoms with Crippen molar-refractivity contribution in [1.29, 1.82) is 0 Å². The van der Waals surface area contributed by atoms with Crippen LogP contribution >= 0.6 is 0 Å². The predicted octanol–water partition coefficient (Wildman–Crippen LogP) is 9.73. The molecule has 192 valence electrons. The Morgan fingerprint density at radius 3 is 2.10 bits per heavy atom. The molecule has 0 atom stereocenters. The van der Waals surface area contributed by atoms with Gasteiger partial charge in [0, 0.05) is 28.2 Å². The van der Waals surface area contributed by atoms with Crippen molar-refractivity contribution in [2.45, 2.75) is 0 Å². The maximum absolute atomic E-state index is 5.03. The number of nitrogens with zero attached hydrogens (tertiary/aromatic N) is 3. The molecular formula is C38H25N3. The van der Waals surface area contributed by atoms with E-state index in [4.69, 9.17) is 4.98 Å². The van der Waals surface area contributed by atoms with Crippen molar-refractivity contribution in [1.82, 2.24) is 14.5 Å². The number of hydrogen-bond acceptors (Lipinski definition) is 2. The first-order valence-corrected chi connectivity index (χ1v) is 13.8. The lowest BCUT2D eigenvalue weighted by atomic mass is 9.93. The Morgan fingerprint density at radius 1 is 0.488 bits per heavy atom. The van der Waals surface area contributed by atoms with Gasteiger partial charge in [-0.05, 0) is 70.1 Å². The van der Waals surface area contributed by atoms with Crippen LogP contribution in [0.5, 0.6) is 0 Å². The zero-order chi connectivity index (χ0) is 27.2. The summed E-state index contributed by atoms with van der Waals surface area (Å²) in [4.78, 5) is 9.70. The Kier molecular flexibility index (Phi) is 5.46. The second-order valence-electron chi connectivity index (χ2n) is 10.3. The van der Waals surface area contributed by atoms with Crippen LogP contribution in [0.25, 0.3) is 72.0 Å². The van der Waals surface area contributed by atoms with Crippen molar-refractivity contribution in [2.24, 2.45) is 0 Å². The average molecular weight is 524 g/mol. The molecule has 0 spiro atoms. The summed E-state index contributed by atoms with van der Waals surface area (Å²) >= 11 is 0. The lowest BCUT2D eigenvalue weighted by Crippen LogP contribution is -1.97. The van der Waals surface area contributed by atoms with Crippen LogP contribution in [-0.4, -0.2) is 14.5 Å². The van der Waals surface area contributed by atoms with Gasteiger partial charge in [0.15, 0.2) is 0 Å². The molecule has 41 heavy (non-hydrogen) atoms. The second-order valence-corrected chi connectivity index (χ2v) is 10.3. The van der Waals surface area contributed by atoms with E-state index < -0.39 is 0 Å². The third kappa shape index (κ3) is 3.98. The molecule has 0 radical (unpaired) electrons. The number of rotatable bonds is 4. The molecule has 3 nitrogen and oxygen atoms in total. The highest BCUT2D eigenvalue weighted by Gasteiger charge is 2.15. The quantitative estimate of drug-likeness (QED) is 0.215. The summed E-state index contributed by atoms with van der Waals surface area (Å²) in [5.74, 6) is 0.939. The zero-order valence-corrected chi connectivity index (χ0v) is 22.3. The standard InChI is InChI=1S/C38H25N3/c1-2-13-31(14-3-1)41-36-18-7-6-17-35(36)40-38(41)27-21-19-26(20-22-27)28-10-8-11-29(24-28)34-25-30-12-9-23-39-37(30)33-16-5-4-15-32(33)34/h1-25H. The summed E-state index contributed by atoms with van der Waals surface area (Å²) in [7, 11) is 0. The summed E-state index contributed by atoms with van der Waals surface area (Å²) in [5, 5.41) is 3.54. The highest BCUT2D eigenvalue weighted by molar-refractivity contribution is 6.12. The molecule has 6 aromatic carbocycles. The molecule has 8 aromatic rings. The first-order chi connectivity index (χ1) is 20.3. The molecule has 3 heteroatoms. The van der Waals surface area contributed by atoms with Gasteiger partial charge in [0.05, 0.1) is 16.6 Å². The molecule has 0 amide bonds. The summed E-state index contributed by atoms with van der Waals surface area (Å²) in [6.07, 6.45) is 1.87. The number of para-hydroxylation sites is 3. The predicted molar refractivity (Wildman–Crippen MR) is 170 cm³/mol. The van der Waals surface area contributed by atoms with Crippen molar-refractivity contribution in [3.63, 3.8) is 0 Å². The van der Waals surface area contributed by atoms with E-state index in [1.807, 2.05) is 24.4 Å². The fourth-order valence-corrected chi connectivity index (χ4v) is 5.89. The molecule has 0 saturated carbocycles. The van der Waals surface area contributed by atoms with Crippen LogP contribution in [0.2, 0.25) is 0 Å². The molecule has 8 rings (SSSR count). The Balaban J connectivity index is 1.22. The molecule has 0 saturated heterocycles. The molecular weight excluding hydrogens is 498 g/mol. The highest BCUT2D eigenvalue weighted by atomic mass is 15.1. The van der Waals surface area contributed by atoms with Gasteiger partial charge in [-0.3, -0.25) is 9.55 Å². The third-order valence-electron chi connectivity index (χ3n) is 7.84. The molecule has 0 aliphatic rings. The van der Waals surface area contributed by atoms with E-state index >= 15 is 0 Å². The normalized spacial score (nSPS) is 11.4. The maximum Gasteiger partial charge on any atom is 0.145 e. The van der Waals surface area contributed by atoms with Gasteiger partial charge in [0.1, 0.15) is 5.82 Å². The van der Waals surface area contributed by atoms with E-state index in [0.29, 0.717) is 0 Å². The molecule has 2 aromatic heterocycles. The first kappa shape index (κ1) is 23.4. The second kappa shape index (κ2) is 9.58. The minimum absolute atomic E-state index is 0.939. The van der Waals surface area contributed by atoms with Crippen LogP contribution in [-0.2, 0) is 0 Å². The Morgan fingerprint density at radius 2 is 1.22 bits per heavy atom. The minimum Gasteiger partial charge on any atom is -0.292 e. The summed E-state index contributed by atoms with van der Waals surface area (Å²) in [6.45, 7) is 0. The van der Waals surface area contributed by atoms with E-state index in [9.17, 15) is 0 Å². The largest absolute Gasteiger partial charge is 0.292 e. The molecule has 0 aliphatic carbocycles. The average Bonchev–Trinajstić information content (AvgIpc) is 3.45. The van der Waals surface area contributed by atoms with Crippen molar-refractivity contribution in [2.75, 3.05) is 0 Å². The van der Waals surface area contributed by atoms with Crippen molar-refractivity contribution < 1.29 is 0 Å². The topological polar surface area (TPSA) is 30.7 Å². The van der Waals surface area contributed by atoms with Gasteiger partial charge < -0.3 is 0 Å². The van der Waals surface area contributed by atoms with Gasteiger partial charge >= 0.3 is 0 Å². The molecule has 0 aliphatic heterocycles. The summed E-state index contributed by atoms with van der Waals surface area (Å²) < 4.78 is 2.24. The van der Waals surface area contributed by atoms with Crippen molar-refractivity contribution >= 4 is 32.7 Å². The third-order valence-corrected chi connectivity index (χ3v) is 7.84. The fourth-order valence-electron chi connectivity index (χ4n) is 5.89. The van der Waals surface area contributed by atoms with Crippen LogP contribution in [0.3, 0.4) is 0 Å². The van der Waals surface area contributed by atoms with Crippen LogP contribution in [0, 0.1) is 0 Å². The smallest absolute Gasteiger partial charge is 0.145 e. The molecule has 0 N–H and O–H groups in total. The van der Waals surface area contributed by atoms with Crippen LogP contribution < -0.4 is 0 Å². The maximum atomic E-state index is 5.03. The molecule has 0 unspecified atom stereocenters. The monoisotopic (exact) mass is 523 g/mol.